The molecule has 6 heteroatoms. The van der Waals surface area contributed by atoms with E-state index in [0.717, 1.165) is 20.1 Å². The zero-order valence-electron chi connectivity index (χ0n) is 6.78. The molecular weight excluding hydrogens is 206 g/mol. The minimum atomic E-state index is 0.105. The number of nitrogen functional groups attached to an aromatic ring is 2. The van der Waals surface area contributed by atoms with E-state index < -0.39 is 0 Å². The first-order chi connectivity index (χ1) is 6.22. The molecule has 0 fully saturated rings. The second kappa shape index (κ2) is 3.13. The van der Waals surface area contributed by atoms with Gasteiger partial charge in [0.15, 0.2) is 5.13 Å². The maximum absolute atomic E-state index is 8.83. The van der Waals surface area contributed by atoms with E-state index in [1.807, 2.05) is 0 Å². The van der Waals surface area contributed by atoms with E-state index in [-0.39, 0.29) is 6.61 Å². The van der Waals surface area contributed by atoms with Gasteiger partial charge < -0.3 is 16.6 Å². The molecule has 0 aliphatic rings. The van der Waals surface area contributed by atoms with Crippen LogP contribution in [0.5, 0.6) is 0 Å². The van der Waals surface area contributed by atoms with E-state index in [9.17, 15) is 0 Å². The molecule has 13 heavy (non-hydrogen) atoms. The lowest BCUT2D eigenvalue weighted by atomic mass is 10.2. The minimum absolute atomic E-state index is 0.105. The molecule has 0 atom stereocenters. The van der Waals surface area contributed by atoms with Crippen molar-refractivity contribution in [2.45, 2.75) is 6.42 Å². The Morgan fingerprint density at radius 1 is 1.31 bits per heavy atom. The lowest BCUT2D eigenvalue weighted by Gasteiger charge is -1.94. The van der Waals surface area contributed by atoms with Crippen LogP contribution < -0.4 is 11.5 Å². The molecule has 0 saturated heterocycles. The van der Waals surface area contributed by atoms with Crippen molar-refractivity contribution in [3.8, 4) is 0 Å². The van der Waals surface area contributed by atoms with Crippen molar-refractivity contribution < 1.29 is 5.11 Å². The van der Waals surface area contributed by atoms with Crippen LogP contribution in [-0.4, -0.2) is 16.7 Å². The largest absolute Gasteiger partial charge is 0.396 e. The Labute approximate surface area is 82.8 Å². The lowest BCUT2D eigenvalue weighted by Crippen LogP contribution is -1.92. The average Bonchev–Trinajstić information content (AvgIpc) is 2.52. The van der Waals surface area contributed by atoms with Crippen LogP contribution in [0.4, 0.5) is 10.1 Å². The highest BCUT2D eigenvalue weighted by Crippen LogP contribution is 2.38. The molecule has 5 N–H and O–H groups in total. The maximum Gasteiger partial charge on any atom is 0.181 e. The number of hydrogen-bond acceptors (Lipinski definition) is 6. The molecule has 0 amide bonds. The van der Waals surface area contributed by atoms with Crippen LogP contribution in [0.3, 0.4) is 0 Å². The van der Waals surface area contributed by atoms with E-state index in [1.54, 1.807) is 0 Å². The highest BCUT2D eigenvalue weighted by atomic mass is 32.1. The van der Waals surface area contributed by atoms with Crippen molar-refractivity contribution in [1.29, 1.82) is 0 Å². The van der Waals surface area contributed by atoms with Gasteiger partial charge in [0.25, 0.3) is 0 Å². The van der Waals surface area contributed by atoms with Gasteiger partial charge in [-0.1, -0.05) is 22.7 Å². The Bertz CT molecular complexity index is 434. The third-order valence-corrected chi connectivity index (χ3v) is 3.78. The molecule has 0 bridgehead atoms. The second-order valence-electron chi connectivity index (χ2n) is 2.60. The van der Waals surface area contributed by atoms with Gasteiger partial charge in [-0.3, -0.25) is 0 Å². The molecule has 0 radical (unpaired) electrons. The van der Waals surface area contributed by atoms with Gasteiger partial charge in [0.2, 0.25) is 0 Å². The molecule has 0 unspecified atom stereocenters. The summed E-state index contributed by atoms with van der Waals surface area (Å²) in [6, 6.07) is 0. The van der Waals surface area contributed by atoms with E-state index in [2.05, 4.69) is 4.98 Å². The molecule has 2 rings (SSSR count). The topological polar surface area (TPSA) is 85.2 Å². The molecule has 2 aromatic rings. The van der Waals surface area contributed by atoms with Gasteiger partial charge in [-0.25, -0.2) is 4.98 Å². The fraction of sp³-hybridized carbons (Fsp3) is 0.286. The van der Waals surface area contributed by atoms with Crippen LogP contribution in [0.25, 0.3) is 9.53 Å². The predicted molar refractivity (Wildman–Crippen MR) is 57.1 cm³/mol. The third-order valence-electron chi connectivity index (χ3n) is 1.75. The third kappa shape index (κ3) is 1.37. The summed E-state index contributed by atoms with van der Waals surface area (Å²) in [7, 11) is 0. The molecule has 0 saturated carbocycles. The normalized spacial score (nSPS) is 11.2. The summed E-state index contributed by atoms with van der Waals surface area (Å²) >= 11 is 2.85. The minimum Gasteiger partial charge on any atom is -0.396 e. The summed E-state index contributed by atoms with van der Waals surface area (Å²) in [5.74, 6) is 0. The lowest BCUT2D eigenvalue weighted by molar-refractivity contribution is 0.300. The van der Waals surface area contributed by atoms with Crippen LogP contribution >= 0.6 is 22.7 Å². The number of thiazole rings is 1. The number of aromatic nitrogens is 1. The summed E-state index contributed by atoms with van der Waals surface area (Å²) in [6.45, 7) is 0.105. The van der Waals surface area contributed by atoms with Crippen molar-refractivity contribution in [3.05, 3.63) is 5.56 Å². The molecule has 4 nitrogen and oxygen atoms in total. The first-order valence-electron chi connectivity index (χ1n) is 3.76. The molecule has 0 aliphatic heterocycles. The number of rotatable bonds is 2. The Balaban J connectivity index is 2.61. The van der Waals surface area contributed by atoms with Gasteiger partial charge in [-0.05, 0) is 6.42 Å². The van der Waals surface area contributed by atoms with Gasteiger partial charge in [0, 0.05) is 12.2 Å². The zero-order valence-corrected chi connectivity index (χ0v) is 8.41. The van der Waals surface area contributed by atoms with Crippen molar-refractivity contribution in [3.63, 3.8) is 0 Å². The van der Waals surface area contributed by atoms with Gasteiger partial charge in [-0.2, -0.15) is 0 Å². The van der Waals surface area contributed by atoms with Gasteiger partial charge in [0.05, 0.1) is 9.70 Å². The number of nitrogens with zero attached hydrogens (tertiary/aromatic N) is 1. The summed E-state index contributed by atoms with van der Waals surface area (Å²) in [5.41, 5.74) is 12.3. The smallest absolute Gasteiger partial charge is 0.181 e. The maximum atomic E-state index is 8.83. The summed E-state index contributed by atoms with van der Waals surface area (Å²) in [4.78, 5) is 5.01. The van der Waals surface area contributed by atoms with Crippen LogP contribution in [0.2, 0.25) is 0 Å². The SMILES string of the molecule is Nc1nc2sc(N)c(CCO)c2s1. The molecule has 2 aromatic heterocycles. The monoisotopic (exact) mass is 215 g/mol. The molecule has 2 heterocycles. The number of nitrogens with two attached hydrogens (primary N) is 2. The number of aliphatic hydroxyl groups excluding tert-OH is 1. The molecule has 0 aromatic carbocycles. The average molecular weight is 215 g/mol. The van der Waals surface area contributed by atoms with E-state index >= 15 is 0 Å². The number of fused-ring (bicyclic) bond motifs is 1. The molecule has 0 aliphatic carbocycles. The fourth-order valence-electron chi connectivity index (χ4n) is 1.21. The number of thiophene rings is 1. The zero-order chi connectivity index (χ0) is 9.42. The predicted octanol–water partition coefficient (Wildman–Crippen LogP) is 1.06. The van der Waals surface area contributed by atoms with E-state index in [1.165, 1.54) is 22.7 Å². The summed E-state index contributed by atoms with van der Waals surface area (Å²) < 4.78 is 1.02. The quantitative estimate of drug-likeness (QED) is 0.699. The second-order valence-corrected chi connectivity index (χ2v) is 4.67. The van der Waals surface area contributed by atoms with Crippen LogP contribution in [0, 0.1) is 0 Å². The highest BCUT2D eigenvalue weighted by molar-refractivity contribution is 7.31. The van der Waals surface area contributed by atoms with Gasteiger partial charge >= 0.3 is 0 Å². The molecule has 70 valence electrons. The van der Waals surface area contributed by atoms with Crippen molar-refractivity contribution in [1.82, 2.24) is 4.98 Å². The Morgan fingerprint density at radius 3 is 2.77 bits per heavy atom. The molecule has 0 spiro atoms. The van der Waals surface area contributed by atoms with Crippen LogP contribution in [-0.2, 0) is 6.42 Å². The standard InChI is InChI=1S/C7H9N3OS2/c8-5-3(1-2-11)4-6(13-5)10-7(9)12-4/h11H,1-2,8H2,(H2,9,10). The van der Waals surface area contributed by atoms with E-state index in [0.29, 0.717) is 11.6 Å². The number of aliphatic hydroxyl groups is 1. The molecular formula is C7H9N3OS2. The number of anilines is 2. The van der Waals surface area contributed by atoms with Crippen molar-refractivity contribution >= 4 is 42.3 Å². The fourth-order valence-corrected chi connectivity index (χ4v) is 3.29. The van der Waals surface area contributed by atoms with E-state index in [4.69, 9.17) is 16.6 Å². The van der Waals surface area contributed by atoms with Crippen molar-refractivity contribution in [2.75, 3.05) is 18.1 Å². The first kappa shape index (κ1) is 8.74. The van der Waals surface area contributed by atoms with Gasteiger partial charge in [-0.15, -0.1) is 0 Å². The summed E-state index contributed by atoms with van der Waals surface area (Å²) in [6.07, 6.45) is 0.577. The Kier molecular flexibility index (Phi) is 2.10. The first-order valence-corrected chi connectivity index (χ1v) is 5.39. The van der Waals surface area contributed by atoms with Gasteiger partial charge in [0.1, 0.15) is 4.83 Å². The highest BCUT2D eigenvalue weighted by Gasteiger charge is 2.13. The van der Waals surface area contributed by atoms with Crippen LogP contribution in [0.1, 0.15) is 5.56 Å². The summed E-state index contributed by atoms with van der Waals surface area (Å²) in [5, 5.41) is 10.1. The van der Waals surface area contributed by atoms with Crippen LogP contribution in [0.15, 0.2) is 0 Å². The Morgan fingerprint density at radius 2 is 2.08 bits per heavy atom. The van der Waals surface area contributed by atoms with Crippen molar-refractivity contribution in [2.24, 2.45) is 0 Å². The number of hydrogen-bond donors (Lipinski definition) is 3. The Hall–Kier alpha value is -0.850.